The van der Waals surface area contributed by atoms with Crippen LogP contribution in [0.1, 0.15) is 30.4 Å². The third kappa shape index (κ3) is 5.59. The van der Waals surface area contributed by atoms with Crippen LogP contribution < -0.4 is 10.2 Å². The first kappa shape index (κ1) is 20.9. The fourth-order valence-corrected chi connectivity index (χ4v) is 3.75. The molecule has 154 valence electrons. The Kier molecular flexibility index (Phi) is 6.91. The van der Waals surface area contributed by atoms with Gasteiger partial charge in [0.15, 0.2) is 0 Å². The van der Waals surface area contributed by atoms with Gasteiger partial charge >= 0.3 is 0 Å². The molecule has 0 bridgehead atoms. The predicted octanol–water partition coefficient (Wildman–Crippen LogP) is 3.87. The normalized spacial score (nSPS) is 14.5. The standard InChI is InChI=1S/C24H31N3O2/c1-18-17-21(26(2)3)10-11-22(18)25-24(29)20-13-15-27(16-14-20)23(28)12-9-19-7-5-4-6-8-19/h4-8,10-11,17,20H,9,12-16H2,1-3H3,(H,25,29). The molecule has 29 heavy (non-hydrogen) atoms. The van der Waals surface area contributed by atoms with Crippen LogP contribution in [0.3, 0.4) is 0 Å². The van der Waals surface area contributed by atoms with Crippen molar-refractivity contribution >= 4 is 23.2 Å². The molecule has 1 N–H and O–H groups in total. The number of aryl methyl sites for hydroxylation is 2. The molecule has 2 amide bonds. The summed E-state index contributed by atoms with van der Waals surface area (Å²) in [6.45, 7) is 3.32. The Labute approximate surface area is 173 Å². The molecule has 5 nitrogen and oxygen atoms in total. The third-order valence-corrected chi connectivity index (χ3v) is 5.67. The van der Waals surface area contributed by atoms with Crippen LogP contribution in [-0.2, 0) is 16.0 Å². The van der Waals surface area contributed by atoms with Crippen LogP contribution in [0.25, 0.3) is 0 Å². The Balaban J connectivity index is 1.47. The topological polar surface area (TPSA) is 52.7 Å². The predicted molar refractivity (Wildman–Crippen MR) is 118 cm³/mol. The lowest BCUT2D eigenvalue weighted by atomic mass is 9.95. The van der Waals surface area contributed by atoms with E-state index in [-0.39, 0.29) is 17.7 Å². The summed E-state index contributed by atoms with van der Waals surface area (Å²) in [5, 5.41) is 3.08. The zero-order chi connectivity index (χ0) is 20.8. The quantitative estimate of drug-likeness (QED) is 0.811. The maximum absolute atomic E-state index is 12.7. The molecule has 2 aromatic rings. The fourth-order valence-electron chi connectivity index (χ4n) is 3.75. The molecule has 0 atom stereocenters. The number of carbonyl (C=O) groups is 2. The smallest absolute Gasteiger partial charge is 0.227 e. The van der Waals surface area contributed by atoms with E-state index >= 15 is 0 Å². The van der Waals surface area contributed by atoms with Gasteiger partial charge in [-0.25, -0.2) is 0 Å². The van der Waals surface area contributed by atoms with Gasteiger partial charge in [-0.3, -0.25) is 9.59 Å². The molecule has 0 radical (unpaired) electrons. The molecule has 1 aliphatic heterocycles. The van der Waals surface area contributed by atoms with Gasteiger partial charge in [-0.15, -0.1) is 0 Å². The van der Waals surface area contributed by atoms with E-state index in [2.05, 4.69) is 23.5 Å². The Morgan fingerprint density at radius 3 is 2.38 bits per heavy atom. The van der Waals surface area contributed by atoms with Gasteiger partial charge in [0, 0.05) is 50.9 Å². The highest BCUT2D eigenvalue weighted by atomic mass is 16.2. The number of carbonyl (C=O) groups excluding carboxylic acids is 2. The number of rotatable bonds is 6. The lowest BCUT2D eigenvalue weighted by Gasteiger charge is -2.31. The fraction of sp³-hybridized carbons (Fsp3) is 0.417. The summed E-state index contributed by atoms with van der Waals surface area (Å²) in [6, 6.07) is 16.1. The molecule has 0 aliphatic carbocycles. The highest BCUT2D eigenvalue weighted by Crippen LogP contribution is 2.24. The Hall–Kier alpha value is -2.82. The molecule has 0 saturated carbocycles. The third-order valence-electron chi connectivity index (χ3n) is 5.67. The van der Waals surface area contributed by atoms with Crippen molar-refractivity contribution in [1.82, 2.24) is 4.90 Å². The molecular formula is C24H31N3O2. The van der Waals surface area contributed by atoms with Crippen LogP contribution in [-0.4, -0.2) is 43.9 Å². The van der Waals surface area contributed by atoms with Crippen molar-refractivity contribution in [3.8, 4) is 0 Å². The number of nitrogens with zero attached hydrogens (tertiary/aromatic N) is 2. The number of hydrogen-bond acceptors (Lipinski definition) is 3. The first-order valence-electron chi connectivity index (χ1n) is 10.3. The van der Waals surface area contributed by atoms with Gasteiger partial charge in [0.1, 0.15) is 0 Å². The molecular weight excluding hydrogens is 362 g/mol. The minimum Gasteiger partial charge on any atom is -0.378 e. The van der Waals surface area contributed by atoms with E-state index < -0.39 is 0 Å². The van der Waals surface area contributed by atoms with E-state index in [0.717, 1.165) is 36.2 Å². The Bertz CT molecular complexity index is 840. The lowest BCUT2D eigenvalue weighted by Crippen LogP contribution is -2.41. The van der Waals surface area contributed by atoms with Crippen molar-refractivity contribution in [1.29, 1.82) is 0 Å². The van der Waals surface area contributed by atoms with Crippen molar-refractivity contribution in [3.63, 3.8) is 0 Å². The maximum Gasteiger partial charge on any atom is 0.227 e. The number of benzene rings is 2. The zero-order valence-corrected chi connectivity index (χ0v) is 17.6. The highest BCUT2D eigenvalue weighted by Gasteiger charge is 2.27. The summed E-state index contributed by atoms with van der Waals surface area (Å²) in [5.41, 5.74) is 4.22. The van der Waals surface area contributed by atoms with Crippen LogP contribution in [0.15, 0.2) is 48.5 Å². The van der Waals surface area contributed by atoms with E-state index in [1.165, 1.54) is 5.56 Å². The second-order valence-corrected chi connectivity index (χ2v) is 8.02. The van der Waals surface area contributed by atoms with Gasteiger partial charge in [0.2, 0.25) is 11.8 Å². The molecule has 0 spiro atoms. The van der Waals surface area contributed by atoms with Gasteiger partial charge in [-0.1, -0.05) is 30.3 Å². The van der Waals surface area contributed by atoms with E-state index in [0.29, 0.717) is 19.5 Å². The molecule has 1 aliphatic rings. The van der Waals surface area contributed by atoms with Gasteiger partial charge in [-0.05, 0) is 55.5 Å². The second kappa shape index (κ2) is 9.59. The van der Waals surface area contributed by atoms with Crippen molar-refractivity contribution < 1.29 is 9.59 Å². The van der Waals surface area contributed by atoms with Crippen LogP contribution in [0.2, 0.25) is 0 Å². The number of anilines is 2. The first-order valence-corrected chi connectivity index (χ1v) is 10.3. The van der Waals surface area contributed by atoms with Gasteiger partial charge in [0.25, 0.3) is 0 Å². The highest BCUT2D eigenvalue weighted by molar-refractivity contribution is 5.93. The van der Waals surface area contributed by atoms with E-state index in [4.69, 9.17) is 0 Å². The van der Waals surface area contributed by atoms with Gasteiger partial charge in [-0.2, -0.15) is 0 Å². The van der Waals surface area contributed by atoms with Crippen LogP contribution >= 0.6 is 0 Å². The first-order chi connectivity index (χ1) is 13.9. The minimum atomic E-state index is -0.0406. The summed E-state index contributed by atoms with van der Waals surface area (Å²) in [5.74, 6) is 0.200. The number of likely N-dealkylation sites (tertiary alicyclic amines) is 1. The molecule has 2 aromatic carbocycles. The van der Waals surface area contributed by atoms with Gasteiger partial charge < -0.3 is 15.1 Å². The van der Waals surface area contributed by atoms with Crippen molar-refractivity contribution in [2.75, 3.05) is 37.4 Å². The lowest BCUT2D eigenvalue weighted by molar-refractivity contribution is -0.134. The van der Waals surface area contributed by atoms with Gasteiger partial charge in [0.05, 0.1) is 0 Å². The van der Waals surface area contributed by atoms with Crippen molar-refractivity contribution in [2.45, 2.75) is 32.6 Å². The SMILES string of the molecule is Cc1cc(N(C)C)ccc1NC(=O)C1CCN(C(=O)CCc2ccccc2)CC1. The molecule has 1 fully saturated rings. The number of nitrogens with one attached hydrogen (secondary N) is 1. The summed E-state index contributed by atoms with van der Waals surface area (Å²) in [7, 11) is 4.00. The second-order valence-electron chi connectivity index (χ2n) is 8.02. The number of hydrogen-bond donors (Lipinski definition) is 1. The minimum absolute atomic E-state index is 0.0406. The number of piperidine rings is 1. The van der Waals surface area contributed by atoms with Crippen LogP contribution in [0.5, 0.6) is 0 Å². The van der Waals surface area contributed by atoms with Crippen LogP contribution in [0, 0.1) is 12.8 Å². The summed E-state index contributed by atoms with van der Waals surface area (Å²) in [6.07, 6.45) is 2.73. The Morgan fingerprint density at radius 1 is 1.07 bits per heavy atom. The average molecular weight is 394 g/mol. The largest absolute Gasteiger partial charge is 0.378 e. The molecule has 1 heterocycles. The zero-order valence-electron chi connectivity index (χ0n) is 17.6. The monoisotopic (exact) mass is 393 g/mol. The van der Waals surface area contributed by atoms with Crippen LogP contribution in [0.4, 0.5) is 11.4 Å². The molecule has 5 heteroatoms. The van der Waals surface area contributed by atoms with Crippen molar-refractivity contribution in [3.05, 3.63) is 59.7 Å². The number of amides is 2. The summed E-state index contributed by atoms with van der Waals surface area (Å²) >= 11 is 0. The molecule has 1 saturated heterocycles. The molecule has 0 unspecified atom stereocenters. The van der Waals surface area contributed by atoms with Crippen molar-refractivity contribution in [2.24, 2.45) is 5.92 Å². The summed E-state index contributed by atoms with van der Waals surface area (Å²) < 4.78 is 0. The van der Waals surface area contributed by atoms with E-state index in [9.17, 15) is 9.59 Å². The van der Waals surface area contributed by atoms with E-state index in [1.807, 2.05) is 61.2 Å². The average Bonchev–Trinajstić information content (AvgIpc) is 2.74. The van der Waals surface area contributed by atoms with E-state index in [1.54, 1.807) is 0 Å². The molecule has 0 aromatic heterocycles. The maximum atomic E-state index is 12.7. The molecule has 3 rings (SSSR count). The summed E-state index contributed by atoms with van der Waals surface area (Å²) in [4.78, 5) is 29.1. The Morgan fingerprint density at radius 2 is 1.76 bits per heavy atom.